The van der Waals surface area contributed by atoms with Gasteiger partial charge in [0.1, 0.15) is 11.6 Å². The number of rotatable bonds is 8. The number of ether oxygens (including phenoxy) is 1. The zero-order chi connectivity index (χ0) is 15.1. The predicted molar refractivity (Wildman–Crippen MR) is 87.3 cm³/mol. The van der Waals surface area contributed by atoms with E-state index >= 15 is 0 Å². The monoisotopic (exact) mass is 319 g/mol. The molecule has 1 N–H and O–H groups in total. The molecule has 0 bridgehead atoms. The lowest BCUT2D eigenvalue weighted by molar-refractivity contribution is 0.204. The first-order valence-corrected chi connectivity index (χ1v) is 7.59. The largest absolute Gasteiger partial charge is 0.383 e. The number of hydrogen-bond donors (Lipinski definition) is 1. The topological polar surface area (TPSA) is 37.4 Å². The van der Waals surface area contributed by atoms with Crippen LogP contribution in [0.2, 0.25) is 10.0 Å². The van der Waals surface area contributed by atoms with E-state index in [2.05, 4.69) is 29.0 Å². The second-order valence-corrected chi connectivity index (χ2v) is 5.80. The molecule has 0 saturated carbocycles. The van der Waals surface area contributed by atoms with E-state index in [1.165, 1.54) is 0 Å². The SMILES string of the molecule is CCNc1nc(N(CCOC)CC(C)C)c(Cl)cc1Cl. The Labute approximate surface area is 131 Å². The lowest BCUT2D eigenvalue weighted by Gasteiger charge is -2.27. The molecule has 0 radical (unpaired) electrons. The molecule has 1 heterocycles. The van der Waals surface area contributed by atoms with E-state index < -0.39 is 0 Å². The van der Waals surface area contributed by atoms with Crippen molar-refractivity contribution in [3.8, 4) is 0 Å². The van der Waals surface area contributed by atoms with Crippen LogP contribution in [-0.2, 0) is 4.74 Å². The third kappa shape index (κ3) is 5.00. The van der Waals surface area contributed by atoms with Gasteiger partial charge in [-0.1, -0.05) is 37.0 Å². The van der Waals surface area contributed by atoms with Gasteiger partial charge in [0.15, 0.2) is 0 Å². The maximum absolute atomic E-state index is 6.30. The van der Waals surface area contributed by atoms with Gasteiger partial charge >= 0.3 is 0 Å². The molecule has 0 atom stereocenters. The highest BCUT2D eigenvalue weighted by Crippen LogP contribution is 2.31. The Morgan fingerprint density at radius 2 is 2.05 bits per heavy atom. The maximum Gasteiger partial charge on any atom is 0.150 e. The van der Waals surface area contributed by atoms with Crippen LogP contribution in [0.3, 0.4) is 0 Å². The molecule has 0 aliphatic carbocycles. The maximum atomic E-state index is 6.30. The van der Waals surface area contributed by atoms with Crippen LogP contribution in [0.25, 0.3) is 0 Å². The fourth-order valence-electron chi connectivity index (χ4n) is 1.90. The van der Waals surface area contributed by atoms with E-state index in [9.17, 15) is 0 Å². The molecule has 1 rings (SSSR count). The third-order valence-corrected chi connectivity index (χ3v) is 3.27. The predicted octanol–water partition coefficient (Wildman–Crippen LogP) is 3.93. The van der Waals surface area contributed by atoms with Crippen molar-refractivity contribution in [2.45, 2.75) is 20.8 Å². The molecule has 0 aromatic carbocycles. The molecule has 0 spiro atoms. The summed E-state index contributed by atoms with van der Waals surface area (Å²) < 4.78 is 5.16. The molecule has 1 aromatic rings. The van der Waals surface area contributed by atoms with Crippen LogP contribution in [0.4, 0.5) is 11.6 Å². The van der Waals surface area contributed by atoms with Gasteiger partial charge in [-0.25, -0.2) is 4.98 Å². The van der Waals surface area contributed by atoms with E-state index in [1.807, 2.05) is 6.92 Å². The summed E-state index contributed by atoms with van der Waals surface area (Å²) in [6.07, 6.45) is 0. The summed E-state index contributed by atoms with van der Waals surface area (Å²) in [5, 5.41) is 4.25. The summed E-state index contributed by atoms with van der Waals surface area (Å²) in [4.78, 5) is 6.70. The smallest absolute Gasteiger partial charge is 0.150 e. The Kier molecular flexibility index (Phi) is 7.41. The molecule has 6 heteroatoms. The lowest BCUT2D eigenvalue weighted by atomic mass is 10.2. The van der Waals surface area contributed by atoms with Crippen LogP contribution in [0.1, 0.15) is 20.8 Å². The molecule has 0 aliphatic rings. The Hall–Kier alpha value is -0.710. The van der Waals surface area contributed by atoms with E-state index in [1.54, 1.807) is 13.2 Å². The number of aromatic nitrogens is 1. The van der Waals surface area contributed by atoms with Crippen molar-refractivity contribution in [3.05, 3.63) is 16.1 Å². The first kappa shape index (κ1) is 17.3. The van der Waals surface area contributed by atoms with Gasteiger partial charge < -0.3 is 15.0 Å². The molecule has 0 aliphatic heterocycles. The number of methoxy groups -OCH3 is 1. The van der Waals surface area contributed by atoms with Crippen LogP contribution in [0, 0.1) is 5.92 Å². The second-order valence-electron chi connectivity index (χ2n) is 4.99. The summed E-state index contributed by atoms with van der Waals surface area (Å²) in [5.74, 6) is 1.92. The van der Waals surface area contributed by atoms with Gasteiger partial charge in [0, 0.05) is 26.7 Å². The molecule has 0 fully saturated rings. The molecule has 20 heavy (non-hydrogen) atoms. The minimum atomic E-state index is 0.503. The summed E-state index contributed by atoms with van der Waals surface area (Å²) in [5.41, 5.74) is 0. The van der Waals surface area contributed by atoms with E-state index in [-0.39, 0.29) is 0 Å². The number of anilines is 2. The molecule has 0 amide bonds. The van der Waals surface area contributed by atoms with Crippen LogP contribution in [-0.4, -0.2) is 38.3 Å². The minimum Gasteiger partial charge on any atom is -0.383 e. The molecular formula is C14H23Cl2N3O. The van der Waals surface area contributed by atoms with Crippen molar-refractivity contribution in [1.82, 2.24) is 4.98 Å². The fourth-order valence-corrected chi connectivity index (χ4v) is 2.44. The molecular weight excluding hydrogens is 297 g/mol. The average molecular weight is 320 g/mol. The Balaban J connectivity index is 3.06. The highest BCUT2D eigenvalue weighted by Gasteiger charge is 2.16. The molecule has 114 valence electrons. The van der Waals surface area contributed by atoms with Gasteiger partial charge in [-0.3, -0.25) is 0 Å². The second kappa shape index (κ2) is 8.55. The van der Waals surface area contributed by atoms with Gasteiger partial charge in [0.25, 0.3) is 0 Å². The number of hydrogen-bond acceptors (Lipinski definition) is 4. The van der Waals surface area contributed by atoms with E-state index in [0.29, 0.717) is 28.4 Å². The van der Waals surface area contributed by atoms with Crippen LogP contribution < -0.4 is 10.2 Å². The fraction of sp³-hybridized carbons (Fsp3) is 0.643. The first-order chi connectivity index (χ1) is 9.49. The number of halogens is 2. The quantitative estimate of drug-likeness (QED) is 0.787. The Morgan fingerprint density at radius 1 is 1.35 bits per heavy atom. The van der Waals surface area contributed by atoms with Crippen molar-refractivity contribution in [3.63, 3.8) is 0 Å². The summed E-state index contributed by atoms with van der Waals surface area (Å²) in [7, 11) is 1.69. The summed E-state index contributed by atoms with van der Waals surface area (Å²) in [6, 6.07) is 1.74. The van der Waals surface area contributed by atoms with Crippen molar-refractivity contribution in [1.29, 1.82) is 0 Å². The van der Waals surface area contributed by atoms with Crippen molar-refractivity contribution in [2.75, 3.05) is 43.6 Å². The molecule has 0 unspecified atom stereocenters. The molecule has 4 nitrogen and oxygen atoms in total. The Morgan fingerprint density at radius 3 is 2.60 bits per heavy atom. The summed E-state index contributed by atoms with van der Waals surface area (Å²) in [6.45, 7) is 9.32. The Bertz CT molecular complexity index is 427. The molecule has 1 aromatic heterocycles. The van der Waals surface area contributed by atoms with E-state index in [0.717, 1.165) is 25.5 Å². The lowest BCUT2D eigenvalue weighted by Crippen LogP contribution is -2.32. The van der Waals surface area contributed by atoms with Crippen LogP contribution >= 0.6 is 23.2 Å². The average Bonchev–Trinajstić information content (AvgIpc) is 2.37. The zero-order valence-electron chi connectivity index (χ0n) is 12.5. The minimum absolute atomic E-state index is 0.503. The van der Waals surface area contributed by atoms with E-state index in [4.69, 9.17) is 27.9 Å². The number of nitrogens with one attached hydrogen (secondary N) is 1. The van der Waals surface area contributed by atoms with Gasteiger partial charge in [-0.2, -0.15) is 0 Å². The number of nitrogens with zero attached hydrogens (tertiary/aromatic N) is 2. The van der Waals surface area contributed by atoms with Gasteiger partial charge in [-0.15, -0.1) is 0 Å². The summed E-state index contributed by atoms with van der Waals surface area (Å²) >= 11 is 12.4. The van der Waals surface area contributed by atoms with Crippen LogP contribution in [0.15, 0.2) is 6.07 Å². The first-order valence-electron chi connectivity index (χ1n) is 6.83. The standard InChI is InChI=1S/C14H23Cl2N3O/c1-5-17-13-11(15)8-12(16)14(18-13)19(6-7-20-4)9-10(2)3/h8,10H,5-7,9H2,1-4H3,(H,17,18). The zero-order valence-corrected chi connectivity index (χ0v) is 14.1. The van der Waals surface area contributed by atoms with Crippen molar-refractivity contribution < 1.29 is 4.74 Å². The highest BCUT2D eigenvalue weighted by molar-refractivity contribution is 6.37. The van der Waals surface area contributed by atoms with Crippen molar-refractivity contribution >= 4 is 34.8 Å². The van der Waals surface area contributed by atoms with Crippen LogP contribution in [0.5, 0.6) is 0 Å². The van der Waals surface area contributed by atoms with Gasteiger partial charge in [0.2, 0.25) is 0 Å². The van der Waals surface area contributed by atoms with Gasteiger partial charge in [-0.05, 0) is 18.9 Å². The number of pyridine rings is 1. The van der Waals surface area contributed by atoms with Crippen molar-refractivity contribution in [2.24, 2.45) is 5.92 Å². The molecule has 0 saturated heterocycles. The van der Waals surface area contributed by atoms with Gasteiger partial charge in [0.05, 0.1) is 16.7 Å². The third-order valence-electron chi connectivity index (χ3n) is 2.71. The normalized spacial score (nSPS) is 10.9. The highest BCUT2D eigenvalue weighted by atomic mass is 35.5.